The van der Waals surface area contributed by atoms with Crippen LogP contribution in [0.5, 0.6) is 0 Å². The Morgan fingerprint density at radius 1 is 1.30 bits per heavy atom. The second-order valence-electron chi connectivity index (χ2n) is 4.76. The molecule has 1 aliphatic heterocycles. The molecule has 110 valence electrons. The molecule has 1 aliphatic rings. The molecule has 1 atom stereocenters. The van der Waals surface area contributed by atoms with E-state index in [0.717, 1.165) is 13.0 Å². The Labute approximate surface area is 124 Å². The van der Waals surface area contributed by atoms with Crippen LogP contribution < -0.4 is 16.0 Å². The Bertz CT molecular complexity index is 456. The normalized spacial score (nSPS) is 17.1. The van der Waals surface area contributed by atoms with Gasteiger partial charge >= 0.3 is 0 Å². The molecule has 0 aromatic heterocycles. The third kappa shape index (κ3) is 4.83. The van der Waals surface area contributed by atoms with Gasteiger partial charge in [-0.15, -0.1) is 12.4 Å². The highest BCUT2D eigenvalue weighted by Crippen LogP contribution is 2.10. The fourth-order valence-electron chi connectivity index (χ4n) is 2.16. The van der Waals surface area contributed by atoms with Crippen LogP contribution in [0, 0.1) is 0 Å². The standard InChI is InChI=1S/C14H19N3O2.ClH/c1-10(18)17-12-6-4-11(5-7-12)14(19)16-9-13-3-2-8-15-13;/h4-7,13,15H,2-3,8-9H2,1H3,(H,16,19)(H,17,18);1H. The summed E-state index contributed by atoms with van der Waals surface area (Å²) in [6.45, 7) is 3.15. The summed E-state index contributed by atoms with van der Waals surface area (Å²) in [4.78, 5) is 22.8. The van der Waals surface area contributed by atoms with Gasteiger partial charge in [-0.3, -0.25) is 9.59 Å². The first-order valence-corrected chi connectivity index (χ1v) is 6.54. The number of carbonyl (C=O) groups excluding carboxylic acids is 2. The minimum absolute atomic E-state index is 0. The first kappa shape index (κ1) is 16.5. The van der Waals surface area contributed by atoms with Gasteiger partial charge in [-0.2, -0.15) is 0 Å². The van der Waals surface area contributed by atoms with Gasteiger partial charge in [-0.1, -0.05) is 0 Å². The monoisotopic (exact) mass is 297 g/mol. The highest BCUT2D eigenvalue weighted by molar-refractivity contribution is 5.95. The zero-order valence-corrected chi connectivity index (χ0v) is 12.3. The topological polar surface area (TPSA) is 70.2 Å². The minimum Gasteiger partial charge on any atom is -0.350 e. The Hall–Kier alpha value is -1.59. The van der Waals surface area contributed by atoms with Gasteiger partial charge in [-0.05, 0) is 43.7 Å². The van der Waals surface area contributed by atoms with Crippen molar-refractivity contribution in [3.63, 3.8) is 0 Å². The highest BCUT2D eigenvalue weighted by atomic mass is 35.5. The number of hydrogen-bond acceptors (Lipinski definition) is 3. The lowest BCUT2D eigenvalue weighted by Gasteiger charge is -2.11. The van der Waals surface area contributed by atoms with E-state index in [1.165, 1.54) is 13.3 Å². The quantitative estimate of drug-likeness (QED) is 0.790. The van der Waals surface area contributed by atoms with Gasteiger partial charge in [0, 0.05) is 30.8 Å². The van der Waals surface area contributed by atoms with Gasteiger partial charge in [-0.25, -0.2) is 0 Å². The number of halogens is 1. The zero-order chi connectivity index (χ0) is 13.7. The van der Waals surface area contributed by atoms with Crippen LogP contribution >= 0.6 is 12.4 Å². The number of anilines is 1. The molecule has 20 heavy (non-hydrogen) atoms. The number of amides is 2. The Balaban J connectivity index is 0.00000200. The van der Waals surface area contributed by atoms with E-state index in [0.29, 0.717) is 23.8 Å². The number of carbonyl (C=O) groups is 2. The van der Waals surface area contributed by atoms with E-state index in [1.807, 2.05) is 0 Å². The van der Waals surface area contributed by atoms with Crippen molar-refractivity contribution in [3.8, 4) is 0 Å². The van der Waals surface area contributed by atoms with E-state index >= 15 is 0 Å². The van der Waals surface area contributed by atoms with Crippen LogP contribution in [-0.2, 0) is 4.79 Å². The van der Waals surface area contributed by atoms with Crippen LogP contribution in [0.2, 0.25) is 0 Å². The predicted molar refractivity (Wildman–Crippen MR) is 81.4 cm³/mol. The van der Waals surface area contributed by atoms with E-state index < -0.39 is 0 Å². The van der Waals surface area contributed by atoms with E-state index in [1.54, 1.807) is 24.3 Å². The summed E-state index contributed by atoms with van der Waals surface area (Å²) in [5, 5.41) is 8.91. The van der Waals surface area contributed by atoms with E-state index in [-0.39, 0.29) is 24.2 Å². The molecule has 1 saturated heterocycles. The van der Waals surface area contributed by atoms with Gasteiger partial charge in [0.25, 0.3) is 5.91 Å². The van der Waals surface area contributed by atoms with Crippen molar-refractivity contribution in [1.82, 2.24) is 10.6 Å². The third-order valence-corrected chi connectivity index (χ3v) is 3.14. The summed E-state index contributed by atoms with van der Waals surface area (Å²) in [5.74, 6) is -0.201. The molecule has 3 N–H and O–H groups in total. The summed E-state index contributed by atoms with van der Waals surface area (Å²) in [6.07, 6.45) is 2.29. The number of hydrogen-bond donors (Lipinski definition) is 3. The molecular formula is C14H20ClN3O2. The summed E-state index contributed by atoms with van der Waals surface area (Å²) in [6, 6.07) is 7.27. The van der Waals surface area contributed by atoms with Crippen molar-refractivity contribution < 1.29 is 9.59 Å². The molecule has 1 heterocycles. The van der Waals surface area contributed by atoms with Crippen molar-refractivity contribution in [3.05, 3.63) is 29.8 Å². The van der Waals surface area contributed by atoms with Crippen molar-refractivity contribution in [2.45, 2.75) is 25.8 Å². The van der Waals surface area contributed by atoms with Gasteiger partial charge in [0.05, 0.1) is 0 Å². The maximum absolute atomic E-state index is 11.9. The van der Waals surface area contributed by atoms with Crippen LogP contribution in [0.15, 0.2) is 24.3 Å². The molecule has 1 aromatic carbocycles. The summed E-state index contributed by atoms with van der Waals surface area (Å²) >= 11 is 0. The molecule has 1 aromatic rings. The number of rotatable bonds is 4. The van der Waals surface area contributed by atoms with Crippen molar-refractivity contribution >= 4 is 29.9 Å². The molecular weight excluding hydrogens is 278 g/mol. The summed E-state index contributed by atoms with van der Waals surface area (Å²) in [5.41, 5.74) is 1.30. The molecule has 1 unspecified atom stereocenters. The SMILES string of the molecule is CC(=O)Nc1ccc(C(=O)NCC2CCCN2)cc1.Cl. The molecule has 0 bridgehead atoms. The van der Waals surface area contributed by atoms with Gasteiger partial charge in [0.1, 0.15) is 0 Å². The molecule has 1 fully saturated rings. The van der Waals surface area contributed by atoms with Gasteiger partial charge in [0.15, 0.2) is 0 Å². The second-order valence-corrected chi connectivity index (χ2v) is 4.76. The fourth-order valence-corrected chi connectivity index (χ4v) is 2.16. The van der Waals surface area contributed by atoms with Gasteiger partial charge in [0.2, 0.25) is 5.91 Å². The maximum Gasteiger partial charge on any atom is 0.251 e. The molecule has 2 rings (SSSR count). The first-order chi connectivity index (χ1) is 9.15. The smallest absolute Gasteiger partial charge is 0.251 e. The zero-order valence-electron chi connectivity index (χ0n) is 11.4. The summed E-state index contributed by atoms with van der Waals surface area (Å²) < 4.78 is 0. The molecule has 0 radical (unpaired) electrons. The molecule has 2 amide bonds. The Kier molecular flexibility index (Phi) is 6.48. The lowest BCUT2D eigenvalue weighted by atomic mass is 10.1. The molecule has 6 heteroatoms. The lowest BCUT2D eigenvalue weighted by Crippen LogP contribution is -2.37. The molecule has 5 nitrogen and oxygen atoms in total. The van der Waals surface area contributed by atoms with Gasteiger partial charge < -0.3 is 16.0 Å². The summed E-state index contributed by atoms with van der Waals surface area (Å²) in [7, 11) is 0. The molecule has 0 aliphatic carbocycles. The van der Waals surface area contributed by atoms with Crippen LogP contribution in [0.3, 0.4) is 0 Å². The van der Waals surface area contributed by atoms with E-state index in [4.69, 9.17) is 0 Å². The highest BCUT2D eigenvalue weighted by Gasteiger charge is 2.15. The molecule has 0 saturated carbocycles. The third-order valence-electron chi connectivity index (χ3n) is 3.14. The van der Waals surface area contributed by atoms with E-state index in [2.05, 4.69) is 16.0 Å². The minimum atomic E-state index is -0.121. The van der Waals surface area contributed by atoms with Crippen LogP contribution in [0.4, 0.5) is 5.69 Å². The first-order valence-electron chi connectivity index (χ1n) is 6.54. The van der Waals surface area contributed by atoms with Crippen molar-refractivity contribution in [2.75, 3.05) is 18.4 Å². The largest absolute Gasteiger partial charge is 0.350 e. The second kappa shape index (κ2) is 7.87. The van der Waals surface area contributed by atoms with Crippen molar-refractivity contribution in [1.29, 1.82) is 0 Å². The lowest BCUT2D eigenvalue weighted by molar-refractivity contribution is -0.114. The van der Waals surface area contributed by atoms with Crippen LogP contribution in [0.1, 0.15) is 30.1 Å². The Morgan fingerprint density at radius 3 is 2.55 bits per heavy atom. The van der Waals surface area contributed by atoms with Crippen molar-refractivity contribution in [2.24, 2.45) is 0 Å². The van der Waals surface area contributed by atoms with Crippen LogP contribution in [0.25, 0.3) is 0 Å². The number of nitrogens with one attached hydrogen (secondary N) is 3. The number of benzene rings is 1. The average molecular weight is 298 g/mol. The van der Waals surface area contributed by atoms with E-state index in [9.17, 15) is 9.59 Å². The molecule has 0 spiro atoms. The Morgan fingerprint density at radius 2 is 2.00 bits per heavy atom. The fraction of sp³-hybridized carbons (Fsp3) is 0.429. The predicted octanol–water partition coefficient (Wildman–Crippen LogP) is 1.55. The average Bonchev–Trinajstić information content (AvgIpc) is 2.89. The maximum atomic E-state index is 11.9. The van der Waals surface area contributed by atoms with Crippen LogP contribution in [-0.4, -0.2) is 30.9 Å².